The van der Waals surface area contributed by atoms with Crippen molar-refractivity contribution in [1.29, 1.82) is 0 Å². The number of hydrogen-bond donors (Lipinski definition) is 0. The highest BCUT2D eigenvalue weighted by Gasteiger charge is 2.26. The van der Waals surface area contributed by atoms with Crippen LogP contribution in [-0.2, 0) is 13.1 Å². The summed E-state index contributed by atoms with van der Waals surface area (Å²) in [5.74, 6) is 0. The van der Waals surface area contributed by atoms with E-state index in [1.54, 1.807) is 0 Å². The van der Waals surface area contributed by atoms with Crippen molar-refractivity contribution in [2.45, 2.75) is 72.6 Å². The van der Waals surface area contributed by atoms with Gasteiger partial charge in [-0.2, -0.15) is 5.10 Å². The van der Waals surface area contributed by atoms with Crippen LogP contribution in [0.3, 0.4) is 0 Å². The van der Waals surface area contributed by atoms with Gasteiger partial charge in [0, 0.05) is 47.9 Å². The summed E-state index contributed by atoms with van der Waals surface area (Å²) in [7, 11) is 0. The Morgan fingerprint density at radius 2 is 2.12 bits per heavy atom. The summed E-state index contributed by atoms with van der Waals surface area (Å²) < 4.78 is 2.18. The zero-order chi connectivity index (χ0) is 18.7. The predicted molar refractivity (Wildman–Crippen MR) is 111 cm³/mol. The number of hydrogen-bond acceptors (Lipinski definition) is 4. The molecule has 0 N–H and O–H groups in total. The van der Waals surface area contributed by atoms with E-state index >= 15 is 0 Å². The smallest absolute Gasteiger partial charge is 0.0641 e. The lowest BCUT2D eigenvalue weighted by Crippen LogP contribution is -2.39. The molecule has 3 heterocycles. The molecule has 4 nitrogen and oxygen atoms in total. The molecule has 0 amide bonds. The number of aromatic nitrogens is 2. The molecular formula is C21H34N4S. The summed E-state index contributed by atoms with van der Waals surface area (Å²) in [5, 5.41) is 6.99. The molecule has 0 radical (unpaired) electrons. The molecule has 1 aliphatic rings. The van der Waals surface area contributed by atoms with E-state index in [-0.39, 0.29) is 0 Å². The Bertz CT molecular complexity index is 689. The van der Waals surface area contributed by atoms with Gasteiger partial charge < -0.3 is 0 Å². The van der Waals surface area contributed by atoms with Crippen LogP contribution in [0, 0.1) is 13.8 Å². The lowest BCUT2D eigenvalue weighted by molar-refractivity contribution is 0.166. The van der Waals surface area contributed by atoms with Crippen molar-refractivity contribution >= 4 is 11.3 Å². The molecule has 26 heavy (non-hydrogen) atoms. The van der Waals surface area contributed by atoms with Gasteiger partial charge >= 0.3 is 0 Å². The van der Waals surface area contributed by atoms with Crippen molar-refractivity contribution in [1.82, 2.24) is 19.6 Å². The van der Waals surface area contributed by atoms with Crippen LogP contribution < -0.4 is 0 Å². The maximum atomic E-state index is 4.80. The summed E-state index contributed by atoms with van der Waals surface area (Å²) in [5.41, 5.74) is 3.93. The predicted octanol–water partition coefficient (Wildman–Crippen LogP) is 4.63. The molecule has 5 heteroatoms. The van der Waals surface area contributed by atoms with Gasteiger partial charge in [0.05, 0.1) is 5.69 Å². The highest BCUT2D eigenvalue weighted by atomic mass is 32.1. The number of likely N-dealkylation sites (N-methyl/N-ethyl adjacent to an activating group) is 1. The van der Waals surface area contributed by atoms with E-state index in [4.69, 9.17) is 5.10 Å². The van der Waals surface area contributed by atoms with Crippen molar-refractivity contribution in [2.75, 3.05) is 19.6 Å². The van der Waals surface area contributed by atoms with Gasteiger partial charge in [0.25, 0.3) is 0 Å². The minimum Gasteiger partial charge on any atom is -0.299 e. The molecule has 3 rings (SSSR count). The van der Waals surface area contributed by atoms with Crippen LogP contribution in [0.1, 0.15) is 61.5 Å². The molecule has 144 valence electrons. The second-order valence-corrected chi connectivity index (χ2v) is 8.89. The van der Waals surface area contributed by atoms with Crippen LogP contribution >= 0.6 is 11.3 Å². The van der Waals surface area contributed by atoms with Crippen LogP contribution in [0.2, 0.25) is 0 Å². The van der Waals surface area contributed by atoms with Crippen LogP contribution in [-0.4, -0.2) is 45.3 Å². The van der Waals surface area contributed by atoms with Gasteiger partial charge in [-0.1, -0.05) is 13.0 Å². The average molecular weight is 375 g/mol. The van der Waals surface area contributed by atoms with Crippen LogP contribution in [0.5, 0.6) is 0 Å². The van der Waals surface area contributed by atoms with Gasteiger partial charge in [0.2, 0.25) is 0 Å². The van der Waals surface area contributed by atoms with Crippen molar-refractivity contribution in [2.24, 2.45) is 0 Å². The van der Waals surface area contributed by atoms with E-state index in [9.17, 15) is 0 Å². The van der Waals surface area contributed by atoms with Crippen LogP contribution in [0.4, 0.5) is 0 Å². The Morgan fingerprint density at radius 3 is 2.73 bits per heavy atom. The minimum absolute atomic E-state index is 0.415. The Kier molecular flexibility index (Phi) is 6.54. The van der Waals surface area contributed by atoms with Gasteiger partial charge in [-0.25, -0.2) is 0 Å². The van der Waals surface area contributed by atoms with Gasteiger partial charge in [-0.15, -0.1) is 11.3 Å². The monoisotopic (exact) mass is 374 g/mol. The first-order valence-corrected chi connectivity index (χ1v) is 10.9. The van der Waals surface area contributed by atoms with Gasteiger partial charge in [0.1, 0.15) is 0 Å². The Labute approximate surface area is 162 Å². The molecule has 0 bridgehead atoms. The second-order valence-electron chi connectivity index (χ2n) is 7.86. The fraction of sp³-hybridized carbons (Fsp3) is 0.667. The van der Waals surface area contributed by atoms with Crippen LogP contribution in [0.25, 0.3) is 0 Å². The fourth-order valence-electron chi connectivity index (χ4n) is 4.28. The first-order chi connectivity index (χ1) is 12.5. The molecule has 2 aromatic heterocycles. The molecule has 1 atom stereocenters. The zero-order valence-electron chi connectivity index (χ0n) is 17.0. The highest BCUT2D eigenvalue weighted by molar-refractivity contribution is 7.09. The summed E-state index contributed by atoms with van der Waals surface area (Å²) >= 11 is 1.87. The topological polar surface area (TPSA) is 24.3 Å². The molecular weight excluding hydrogens is 340 g/mol. The Morgan fingerprint density at radius 1 is 1.31 bits per heavy atom. The van der Waals surface area contributed by atoms with E-state index in [1.165, 1.54) is 47.8 Å². The Hall–Kier alpha value is -1.17. The molecule has 2 aromatic rings. The highest BCUT2D eigenvalue weighted by Crippen LogP contribution is 2.24. The number of nitrogens with zero attached hydrogens (tertiary/aromatic N) is 4. The number of rotatable bonds is 8. The molecule has 0 saturated carbocycles. The zero-order valence-corrected chi connectivity index (χ0v) is 17.9. The normalized spacial score (nSPS) is 18.5. The summed E-state index contributed by atoms with van der Waals surface area (Å²) in [6.07, 6.45) is 2.67. The van der Waals surface area contributed by atoms with Crippen LogP contribution in [0.15, 0.2) is 17.5 Å². The van der Waals surface area contributed by atoms with Crippen molar-refractivity contribution in [3.8, 4) is 0 Å². The first kappa shape index (κ1) is 19.6. The third-order valence-electron chi connectivity index (χ3n) is 5.68. The largest absolute Gasteiger partial charge is 0.299 e. The van der Waals surface area contributed by atoms with Gasteiger partial charge in [-0.05, 0) is 65.1 Å². The molecule has 1 fully saturated rings. The van der Waals surface area contributed by atoms with E-state index in [2.05, 4.69) is 66.6 Å². The molecule has 0 aliphatic carbocycles. The molecule has 1 aliphatic heterocycles. The summed E-state index contributed by atoms with van der Waals surface area (Å²) in [4.78, 5) is 6.75. The van der Waals surface area contributed by atoms with E-state index in [0.717, 1.165) is 19.6 Å². The van der Waals surface area contributed by atoms with Crippen molar-refractivity contribution < 1.29 is 0 Å². The molecule has 0 aromatic carbocycles. The quantitative estimate of drug-likeness (QED) is 0.673. The third kappa shape index (κ3) is 4.38. The molecule has 1 unspecified atom stereocenters. The number of thiophene rings is 1. The standard InChI is InChI=1S/C21H34N4S/c1-6-24-11-7-9-19(24)13-23(14-20-10-8-12-26-20)15-21-17(4)22-25(16(2)3)18(21)5/h8,10,12,16,19H,6-7,9,11,13-15H2,1-5H3. The first-order valence-electron chi connectivity index (χ1n) is 10.0. The van der Waals surface area contributed by atoms with Crippen molar-refractivity contribution in [3.05, 3.63) is 39.3 Å². The average Bonchev–Trinajstić information content (AvgIpc) is 3.32. The maximum Gasteiger partial charge on any atom is 0.0641 e. The van der Waals surface area contributed by atoms with Gasteiger partial charge in [0.15, 0.2) is 0 Å². The van der Waals surface area contributed by atoms with E-state index in [1.807, 2.05) is 11.3 Å². The van der Waals surface area contributed by atoms with Crippen molar-refractivity contribution in [3.63, 3.8) is 0 Å². The molecule has 1 saturated heterocycles. The second kappa shape index (κ2) is 8.68. The van der Waals surface area contributed by atoms with Gasteiger partial charge in [-0.3, -0.25) is 14.5 Å². The Balaban J connectivity index is 1.79. The minimum atomic E-state index is 0.415. The lowest BCUT2D eigenvalue weighted by atomic mass is 10.1. The third-order valence-corrected chi connectivity index (χ3v) is 6.54. The lowest BCUT2D eigenvalue weighted by Gasteiger charge is -2.30. The summed E-state index contributed by atoms with van der Waals surface area (Å²) in [6, 6.07) is 5.54. The van der Waals surface area contributed by atoms with E-state index in [0.29, 0.717) is 12.1 Å². The maximum absolute atomic E-state index is 4.80. The number of likely N-dealkylation sites (tertiary alicyclic amines) is 1. The summed E-state index contributed by atoms with van der Waals surface area (Å²) in [6.45, 7) is 16.7. The van der Waals surface area contributed by atoms with E-state index < -0.39 is 0 Å². The number of aryl methyl sites for hydroxylation is 1. The molecule has 0 spiro atoms. The fourth-order valence-corrected chi connectivity index (χ4v) is 5.02. The SMILES string of the molecule is CCN1CCCC1CN(Cc1cccs1)Cc1c(C)nn(C(C)C)c1C.